The Morgan fingerprint density at radius 2 is 1.50 bits per heavy atom. The maximum Gasteiger partial charge on any atom is 0.183 e. The molecule has 0 amide bonds. The lowest BCUT2D eigenvalue weighted by Gasteiger charge is -2.37. The second-order valence-electron chi connectivity index (χ2n) is 8.64. The Balaban J connectivity index is 2.40. The zero-order chi connectivity index (χ0) is 20.9. The normalized spacial score (nSPS) is 21.8. The van der Waals surface area contributed by atoms with E-state index in [0.717, 1.165) is 11.1 Å². The fraction of sp³-hybridized carbons (Fsp3) is 0.455. The van der Waals surface area contributed by atoms with Crippen LogP contribution in [0.5, 0.6) is 17.2 Å². The Bertz CT molecular complexity index is 915. The molecular formula is C22H29O5P. The summed E-state index contributed by atoms with van der Waals surface area (Å²) >= 11 is 0. The monoisotopic (exact) mass is 404 g/mol. The van der Waals surface area contributed by atoms with Crippen molar-refractivity contribution in [1.29, 1.82) is 0 Å². The Morgan fingerprint density at radius 1 is 0.964 bits per heavy atom. The molecule has 1 N–H and O–H groups in total. The SMILES string of the molecule is COc1cccc(OC)c1-c1cccc2c1[P@](=O)(C(C)(C)C)[C@@H](C(C)(C)O)O2. The van der Waals surface area contributed by atoms with E-state index in [2.05, 4.69) is 0 Å². The maximum atomic E-state index is 14.7. The Morgan fingerprint density at radius 3 is 1.96 bits per heavy atom. The van der Waals surface area contributed by atoms with Crippen molar-refractivity contribution in [2.75, 3.05) is 14.2 Å². The molecule has 28 heavy (non-hydrogen) atoms. The lowest BCUT2D eigenvalue weighted by Crippen LogP contribution is -2.42. The van der Waals surface area contributed by atoms with Crippen molar-refractivity contribution in [1.82, 2.24) is 0 Å². The highest BCUT2D eigenvalue weighted by Gasteiger charge is 2.58. The number of benzene rings is 2. The van der Waals surface area contributed by atoms with Crippen molar-refractivity contribution in [3.05, 3.63) is 36.4 Å². The number of ether oxygens (including phenoxy) is 3. The molecular weight excluding hydrogens is 375 g/mol. The Hall–Kier alpha value is -1.97. The number of aliphatic hydroxyl groups is 1. The van der Waals surface area contributed by atoms with Gasteiger partial charge in [0.2, 0.25) is 0 Å². The van der Waals surface area contributed by atoms with Crippen LogP contribution in [0.25, 0.3) is 11.1 Å². The molecule has 0 aliphatic carbocycles. The summed E-state index contributed by atoms with van der Waals surface area (Å²) < 4.78 is 32.0. The molecule has 152 valence electrons. The van der Waals surface area contributed by atoms with Crippen molar-refractivity contribution in [3.63, 3.8) is 0 Å². The van der Waals surface area contributed by atoms with Crippen LogP contribution < -0.4 is 19.5 Å². The average Bonchev–Trinajstić information content (AvgIpc) is 2.95. The average molecular weight is 404 g/mol. The minimum Gasteiger partial charge on any atom is -0.496 e. The number of methoxy groups -OCH3 is 2. The van der Waals surface area contributed by atoms with E-state index < -0.39 is 23.7 Å². The lowest BCUT2D eigenvalue weighted by molar-refractivity contribution is 0.00786. The van der Waals surface area contributed by atoms with E-state index in [9.17, 15) is 9.67 Å². The van der Waals surface area contributed by atoms with E-state index in [4.69, 9.17) is 14.2 Å². The van der Waals surface area contributed by atoms with Crippen LogP contribution in [0.4, 0.5) is 0 Å². The first kappa shape index (κ1) is 20.8. The van der Waals surface area contributed by atoms with Gasteiger partial charge in [0.05, 0.1) is 25.1 Å². The van der Waals surface area contributed by atoms with Gasteiger partial charge in [-0.3, -0.25) is 0 Å². The van der Waals surface area contributed by atoms with Gasteiger partial charge in [0.1, 0.15) is 22.8 Å². The van der Waals surface area contributed by atoms with Gasteiger partial charge in [0.25, 0.3) is 0 Å². The number of fused-ring (bicyclic) bond motifs is 1. The second-order valence-corrected chi connectivity index (χ2v) is 12.2. The van der Waals surface area contributed by atoms with Gasteiger partial charge >= 0.3 is 0 Å². The first-order chi connectivity index (χ1) is 13.0. The van der Waals surface area contributed by atoms with Crippen LogP contribution in [-0.4, -0.2) is 35.9 Å². The first-order valence-corrected chi connectivity index (χ1v) is 11.1. The van der Waals surface area contributed by atoms with Gasteiger partial charge in [0.15, 0.2) is 13.0 Å². The quantitative estimate of drug-likeness (QED) is 0.752. The number of hydrogen-bond acceptors (Lipinski definition) is 5. The highest BCUT2D eigenvalue weighted by atomic mass is 31.2. The van der Waals surface area contributed by atoms with Gasteiger partial charge in [0, 0.05) is 10.7 Å². The van der Waals surface area contributed by atoms with E-state index in [-0.39, 0.29) is 0 Å². The third-order valence-electron chi connectivity index (χ3n) is 5.20. The minimum atomic E-state index is -3.22. The van der Waals surface area contributed by atoms with Crippen molar-refractivity contribution >= 4 is 12.4 Å². The summed E-state index contributed by atoms with van der Waals surface area (Å²) in [5, 5.41) is 10.8. The third kappa shape index (κ3) is 3.01. The molecule has 0 fully saturated rings. The fourth-order valence-electron chi connectivity index (χ4n) is 3.87. The molecule has 0 radical (unpaired) electrons. The van der Waals surface area contributed by atoms with Crippen molar-refractivity contribution in [2.24, 2.45) is 0 Å². The topological polar surface area (TPSA) is 65.0 Å². The lowest BCUT2D eigenvalue weighted by atomic mass is 10.0. The van der Waals surface area contributed by atoms with Gasteiger partial charge < -0.3 is 23.9 Å². The predicted molar refractivity (Wildman–Crippen MR) is 113 cm³/mol. The number of hydrogen-bond donors (Lipinski definition) is 1. The summed E-state index contributed by atoms with van der Waals surface area (Å²) in [6, 6.07) is 11.1. The van der Waals surface area contributed by atoms with Gasteiger partial charge in [-0.05, 0) is 32.0 Å². The van der Waals surface area contributed by atoms with Gasteiger partial charge in [-0.2, -0.15) is 0 Å². The second kappa shape index (κ2) is 6.82. The number of rotatable bonds is 4. The fourth-order valence-corrected chi connectivity index (χ4v) is 7.63. The molecule has 3 rings (SSSR count). The Kier molecular flexibility index (Phi) is 5.06. The summed E-state index contributed by atoms with van der Waals surface area (Å²) in [6.07, 6.45) is 0. The molecule has 2 aromatic rings. The van der Waals surface area contributed by atoms with Crippen LogP contribution in [0.3, 0.4) is 0 Å². The van der Waals surface area contributed by atoms with Crippen molar-refractivity contribution < 1.29 is 23.9 Å². The van der Waals surface area contributed by atoms with E-state index >= 15 is 0 Å². The molecule has 0 bridgehead atoms. The van der Waals surface area contributed by atoms with E-state index in [1.165, 1.54) is 0 Å². The van der Waals surface area contributed by atoms with Gasteiger partial charge in [-0.15, -0.1) is 0 Å². The highest BCUT2D eigenvalue weighted by Crippen LogP contribution is 2.69. The van der Waals surface area contributed by atoms with Crippen LogP contribution in [0.15, 0.2) is 36.4 Å². The molecule has 2 atom stereocenters. The van der Waals surface area contributed by atoms with E-state index in [1.54, 1.807) is 28.1 Å². The molecule has 1 aliphatic rings. The molecule has 1 heterocycles. The zero-order valence-electron chi connectivity index (χ0n) is 17.6. The molecule has 6 heteroatoms. The van der Waals surface area contributed by atoms with Crippen LogP contribution in [0.2, 0.25) is 0 Å². The smallest absolute Gasteiger partial charge is 0.183 e. The molecule has 0 saturated heterocycles. The summed E-state index contributed by atoms with van der Waals surface area (Å²) in [7, 11) is -0.0263. The van der Waals surface area contributed by atoms with Crippen LogP contribution >= 0.6 is 7.14 Å². The molecule has 0 spiro atoms. The van der Waals surface area contributed by atoms with Gasteiger partial charge in [-0.25, -0.2) is 0 Å². The summed E-state index contributed by atoms with van der Waals surface area (Å²) in [6.45, 7) is 9.08. The standard InChI is InChI=1S/C22H29O5P/c1-21(2,3)28(24)19-14(18-15(25-6)11-9-12-16(18)26-7)10-8-13-17(19)27-20(28)22(4,5)23/h8-13,20,23H,1-7H3/t20-,28+/m0/s1. The molecule has 0 unspecified atom stereocenters. The van der Waals surface area contributed by atoms with E-state index in [0.29, 0.717) is 22.6 Å². The van der Waals surface area contributed by atoms with Crippen LogP contribution in [0.1, 0.15) is 34.6 Å². The molecule has 1 aliphatic heterocycles. The Labute approximate surface area is 167 Å². The largest absolute Gasteiger partial charge is 0.496 e. The molecule has 0 saturated carbocycles. The van der Waals surface area contributed by atoms with Crippen LogP contribution in [0, 0.1) is 0 Å². The minimum absolute atomic E-state index is 0.538. The first-order valence-electron chi connectivity index (χ1n) is 9.30. The molecule has 0 aromatic heterocycles. The summed E-state index contributed by atoms with van der Waals surface area (Å²) in [4.78, 5) is 0. The highest BCUT2D eigenvalue weighted by molar-refractivity contribution is 7.74. The van der Waals surface area contributed by atoms with Crippen LogP contribution in [-0.2, 0) is 4.57 Å². The predicted octanol–water partition coefficient (Wildman–Crippen LogP) is 4.65. The van der Waals surface area contributed by atoms with Gasteiger partial charge in [-0.1, -0.05) is 39.0 Å². The molecule has 5 nitrogen and oxygen atoms in total. The van der Waals surface area contributed by atoms with Crippen molar-refractivity contribution in [2.45, 2.75) is 51.2 Å². The summed E-state index contributed by atoms with van der Waals surface area (Å²) in [5.74, 6) is 0.951. The zero-order valence-corrected chi connectivity index (χ0v) is 18.5. The maximum absolute atomic E-state index is 14.7. The molecule has 2 aromatic carbocycles. The summed E-state index contributed by atoms with van der Waals surface area (Å²) in [5.41, 5.74) is 0.204. The third-order valence-corrected chi connectivity index (χ3v) is 9.71. The van der Waals surface area contributed by atoms with E-state index in [1.807, 2.05) is 57.2 Å². The van der Waals surface area contributed by atoms with Crippen molar-refractivity contribution in [3.8, 4) is 28.4 Å².